The first-order chi connectivity index (χ1) is 9.49. The van der Waals surface area contributed by atoms with Gasteiger partial charge in [0.25, 0.3) is 0 Å². The van der Waals surface area contributed by atoms with Crippen molar-refractivity contribution >= 4 is 10.0 Å². The van der Waals surface area contributed by atoms with Gasteiger partial charge in [0.15, 0.2) is 0 Å². The molecule has 7 heteroatoms. The molecule has 0 radical (unpaired) electrons. The average Bonchev–Trinajstić information content (AvgIpc) is 2.41. The normalized spacial score (nSPS) is 11.4. The van der Waals surface area contributed by atoms with E-state index in [-0.39, 0.29) is 17.2 Å². The van der Waals surface area contributed by atoms with E-state index in [1.54, 1.807) is 12.1 Å². The van der Waals surface area contributed by atoms with Crippen LogP contribution in [-0.2, 0) is 16.4 Å². The van der Waals surface area contributed by atoms with E-state index in [1.165, 1.54) is 18.3 Å². The summed E-state index contributed by atoms with van der Waals surface area (Å²) >= 11 is 0. The van der Waals surface area contributed by atoms with Crippen molar-refractivity contribution < 1.29 is 13.5 Å². The van der Waals surface area contributed by atoms with Gasteiger partial charge in [-0.15, -0.1) is 0 Å². The van der Waals surface area contributed by atoms with Crippen molar-refractivity contribution in [2.24, 2.45) is 0 Å². The zero-order valence-electron chi connectivity index (χ0n) is 10.5. The molecule has 0 amide bonds. The van der Waals surface area contributed by atoms with Gasteiger partial charge in [-0.3, -0.25) is 4.79 Å². The van der Waals surface area contributed by atoms with Crippen LogP contribution in [-0.4, -0.2) is 25.1 Å². The number of phenolic OH excluding ortho intramolecular Hbond substituents is 1. The second-order valence-electron chi connectivity index (χ2n) is 4.19. The predicted octanol–water partition coefficient (Wildman–Crippen LogP) is 0.601. The molecule has 3 N–H and O–H groups in total. The van der Waals surface area contributed by atoms with Crippen molar-refractivity contribution in [3.8, 4) is 5.75 Å². The van der Waals surface area contributed by atoms with Crippen LogP contribution in [0, 0.1) is 0 Å². The van der Waals surface area contributed by atoms with E-state index in [1.807, 2.05) is 0 Å². The largest absolute Gasteiger partial charge is 0.508 e. The van der Waals surface area contributed by atoms with Crippen LogP contribution in [0.3, 0.4) is 0 Å². The van der Waals surface area contributed by atoms with Crippen LogP contribution in [0.2, 0.25) is 0 Å². The molecule has 0 fully saturated rings. The number of benzene rings is 1. The van der Waals surface area contributed by atoms with Crippen LogP contribution in [0.5, 0.6) is 5.75 Å². The standard InChI is InChI=1S/C13H14N2O4S/c16-11-3-1-10(2-4-11)5-8-15-20(18,19)13-9-14-7-6-12(13)17/h1-4,6-7,9,15-16H,5,8H2,(H,14,17). The summed E-state index contributed by atoms with van der Waals surface area (Å²) < 4.78 is 26.2. The maximum atomic E-state index is 11.9. The number of sulfonamides is 1. The first-order valence-electron chi connectivity index (χ1n) is 5.94. The van der Waals surface area contributed by atoms with Gasteiger partial charge in [-0.2, -0.15) is 0 Å². The lowest BCUT2D eigenvalue weighted by Gasteiger charge is -2.06. The summed E-state index contributed by atoms with van der Waals surface area (Å²) in [5.74, 6) is 0.158. The van der Waals surface area contributed by atoms with Crippen molar-refractivity contribution in [3.63, 3.8) is 0 Å². The second kappa shape index (κ2) is 5.89. The molecule has 1 heterocycles. The summed E-state index contributed by atoms with van der Waals surface area (Å²) in [7, 11) is -3.81. The van der Waals surface area contributed by atoms with Crippen LogP contribution < -0.4 is 10.2 Å². The monoisotopic (exact) mass is 294 g/mol. The summed E-state index contributed by atoms with van der Waals surface area (Å²) in [5, 5.41) is 9.14. The van der Waals surface area contributed by atoms with Crippen LogP contribution in [0.15, 0.2) is 52.4 Å². The lowest BCUT2D eigenvalue weighted by Crippen LogP contribution is -2.29. The highest BCUT2D eigenvalue weighted by atomic mass is 32.2. The maximum absolute atomic E-state index is 11.9. The Labute approximate surface area is 116 Å². The van der Waals surface area contributed by atoms with Gasteiger partial charge < -0.3 is 10.1 Å². The number of pyridine rings is 1. The van der Waals surface area contributed by atoms with Crippen LogP contribution in [0.1, 0.15) is 5.56 Å². The minimum Gasteiger partial charge on any atom is -0.508 e. The van der Waals surface area contributed by atoms with Crippen molar-refractivity contribution in [3.05, 3.63) is 58.5 Å². The van der Waals surface area contributed by atoms with Gasteiger partial charge in [0.1, 0.15) is 10.6 Å². The van der Waals surface area contributed by atoms with Gasteiger partial charge in [0, 0.05) is 25.0 Å². The number of nitrogens with one attached hydrogen (secondary N) is 2. The Morgan fingerprint density at radius 2 is 1.85 bits per heavy atom. The Bertz CT molecular complexity index is 735. The molecule has 2 aromatic rings. The number of hydrogen-bond donors (Lipinski definition) is 3. The molecule has 0 aliphatic heterocycles. The van der Waals surface area contributed by atoms with Crippen molar-refractivity contribution in [1.82, 2.24) is 9.71 Å². The van der Waals surface area contributed by atoms with Crippen LogP contribution in [0.25, 0.3) is 0 Å². The predicted molar refractivity (Wildman–Crippen MR) is 74.1 cm³/mol. The number of aromatic hydroxyl groups is 1. The third kappa shape index (κ3) is 3.46. The number of H-pyrrole nitrogens is 1. The number of rotatable bonds is 5. The summed E-state index contributed by atoms with van der Waals surface area (Å²) in [6.45, 7) is 0.168. The maximum Gasteiger partial charge on any atom is 0.245 e. The molecule has 1 aromatic heterocycles. The number of hydrogen-bond acceptors (Lipinski definition) is 4. The van der Waals surface area contributed by atoms with E-state index in [0.29, 0.717) is 6.42 Å². The topological polar surface area (TPSA) is 99.3 Å². The zero-order valence-corrected chi connectivity index (χ0v) is 11.4. The smallest absolute Gasteiger partial charge is 0.245 e. The minimum atomic E-state index is -3.81. The van der Waals surface area contributed by atoms with Crippen molar-refractivity contribution in [1.29, 1.82) is 0 Å². The van der Waals surface area contributed by atoms with E-state index in [4.69, 9.17) is 5.11 Å². The van der Waals surface area contributed by atoms with Crippen LogP contribution >= 0.6 is 0 Å². The molecule has 0 saturated heterocycles. The molecule has 6 nitrogen and oxygen atoms in total. The Hall–Kier alpha value is -2.12. The molecule has 0 spiro atoms. The fourth-order valence-electron chi connectivity index (χ4n) is 1.68. The first kappa shape index (κ1) is 14.3. The third-order valence-corrected chi connectivity index (χ3v) is 4.20. The lowest BCUT2D eigenvalue weighted by molar-refractivity contribution is 0.475. The Morgan fingerprint density at radius 3 is 2.50 bits per heavy atom. The van der Waals surface area contributed by atoms with Crippen molar-refractivity contribution in [2.75, 3.05) is 6.54 Å². The van der Waals surface area contributed by atoms with Gasteiger partial charge in [0.05, 0.1) is 0 Å². The summed E-state index contributed by atoms with van der Waals surface area (Å²) in [5.41, 5.74) is 0.327. The highest BCUT2D eigenvalue weighted by Gasteiger charge is 2.16. The average molecular weight is 294 g/mol. The molecule has 0 aliphatic carbocycles. The van der Waals surface area contributed by atoms with Gasteiger partial charge >= 0.3 is 0 Å². The number of aromatic amines is 1. The molecule has 2 rings (SSSR count). The Morgan fingerprint density at radius 1 is 1.15 bits per heavy atom. The van der Waals surface area contributed by atoms with E-state index >= 15 is 0 Å². The third-order valence-electron chi connectivity index (χ3n) is 2.72. The molecule has 0 atom stereocenters. The number of aromatic nitrogens is 1. The van der Waals surface area contributed by atoms with Gasteiger partial charge in [-0.05, 0) is 24.1 Å². The van der Waals surface area contributed by atoms with Gasteiger partial charge in [0.2, 0.25) is 15.5 Å². The summed E-state index contributed by atoms with van der Waals surface area (Å²) in [6.07, 6.45) is 2.99. The zero-order chi connectivity index (χ0) is 14.6. The molecule has 1 aromatic carbocycles. The summed E-state index contributed by atoms with van der Waals surface area (Å²) in [6, 6.07) is 7.64. The van der Waals surface area contributed by atoms with Gasteiger partial charge in [-0.1, -0.05) is 12.1 Å². The lowest BCUT2D eigenvalue weighted by atomic mass is 10.1. The Kier molecular flexibility index (Phi) is 4.21. The number of phenols is 1. The van der Waals surface area contributed by atoms with E-state index in [2.05, 4.69) is 9.71 Å². The molecule has 0 unspecified atom stereocenters. The Balaban J connectivity index is 2.02. The quantitative estimate of drug-likeness (QED) is 0.752. The molecule has 106 valence electrons. The molecule has 0 saturated carbocycles. The highest BCUT2D eigenvalue weighted by Crippen LogP contribution is 2.10. The fraction of sp³-hybridized carbons (Fsp3) is 0.154. The molecule has 20 heavy (non-hydrogen) atoms. The molecular weight excluding hydrogens is 280 g/mol. The second-order valence-corrected chi connectivity index (χ2v) is 5.92. The first-order valence-corrected chi connectivity index (χ1v) is 7.42. The minimum absolute atomic E-state index is 0.158. The molecular formula is C13H14N2O4S. The van der Waals surface area contributed by atoms with E-state index in [9.17, 15) is 13.2 Å². The SMILES string of the molecule is O=c1cc[nH]cc1S(=O)(=O)NCCc1ccc(O)cc1. The highest BCUT2D eigenvalue weighted by molar-refractivity contribution is 7.89. The van der Waals surface area contributed by atoms with E-state index < -0.39 is 15.5 Å². The molecule has 0 bridgehead atoms. The van der Waals surface area contributed by atoms with Gasteiger partial charge in [-0.25, -0.2) is 13.1 Å². The van der Waals surface area contributed by atoms with Crippen molar-refractivity contribution in [2.45, 2.75) is 11.3 Å². The summed E-state index contributed by atoms with van der Waals surface area (Å²) in [4.78, 5) is 13.7. The van der Waals surface area contributed by atoms with E-state index in [0.717, 1.165) is 17.8 Å². The molecule has 0 aliphatic rings. The van der Waals surface area contributed by atoms with Crippen LogP contribution in [0.4, 0.5) is 0 Å². The fourth-order valence-corrected chi connectivity index (χ4v) is 2.76.